The average Bonchev–Trinajstić information content (AvgIpc) is 2.68. The van der Waals surface area contributed by atoms with E-state index in [-0.39, 0.29) is 28.7 Å². The lowest BCUT2D eigenvalue weighted by Gasteiger charge is -2.35. The number of hydrogen-bond donors (Lipinski definition) is 1. The predicted octanol–water partition coefficient (Wildman–Crippen LogP) is 3.01. The number of sulfonamides is 1. The van der Waals surface area contributed by atoms with Gasteiger partial charge >= 0.3 is 0 Å². The molecule has 1 saturated heterocycles. The number of carbonyl (C=O) groups is 1. The summed E-state index contributed by atoms with van der Waals surface area (Å²) in [5, 5.41) is 3.19. The smallest absolute Gasteiger partial charge is 0.252 e. The van der Waals surface area contributed by atoms with Gasteiger partial charge < -0.3 is 10.2 Å². The maximum Gasteiger partial charge on any atom is 0.252 e. The Labute approximate surface area is 179 Å². The van der Waals surface area contributed by atoms with Crippen LogP contribution in [-0.4, -0.2) is 57.1 Å². The zero-order valence-electron chi connectivity index (χ0n) is 15.4. The highest BCUT2D eigenvalue weighted by atomic mass is 35.5. The molecular weight excluding hydrogens is 440 g/mol. The van der Waals surface area contributed by atoms with E-state index in [1.165, 1.54) is 28.6 Å². The third kappa shape index (κ3) is 5.60. The van der Waals surface area contributed by atoms with Crippen molar-refractivity contribution in [1.29, 1.82) is 0 Å². The second kappa shape index (κ2) is 9.30. The Bertz CT molecular complexity index is 979. The van der Waals surface area contributed by atoms with Gasteiger partial charge in [0, 0.05) is 43.4 Å². The van der Waals surface area contributed by atoms with Crippen molar-refractivity contribution in [2.24, 2.45) is 0 Å². The number of rotatable bonds is 6. The lowest BCUT2D eigenvalue weighted by molar-refractivity contribution is 0.0956. The molecule has 0 spiro atoms. The maximum atomic E-state index is 13.0. The van der Waals surface area contributed by atoms with Crippen molar-refractivity contribution in [2.75, 3.05) is 43.4 Å². The number of nitrogens with one attached hydrogen (secondary N) is 1. The van der Waals surface area contributed by atoms with Gasteiger partial charge in [0.25, 0.3) is 5.91 Å². The molecule has 2 aromatic rings. The topological polar surface area (TPSA) is 69.7 Å². The fourth-order valence-corrected chi connectivity index (χ4v) is 4.90. The number of halogens is 3. The zero-order chi connectivity index (χ0) is 21.0. The van der Waals surface area contributed by atoms with Crippen LogP contribution in [0.1, 0.15) is 10.4 Å². The molecule has 0 saturated carbocycles. The van der Waals surface area contributed by atoms with Gasteiger partial charge in [0.05, 0.1) is 16.3 Å². The van der Waals surface area contributed by atoms with Crippen LogP contribution in [0.4, 0.5) is 10.1 Å². The van der Waals surface area contributed by atoms with E-state index >= 15 is 0 Å². The highest BCUT2D eigenvalue weighted by molar-refractivity contribution is 7.89. The number of piperazine rings is 1. The molecule has 0 aliphatic carbocycles. The van der Waals surface area contributed by atoms with Gasteiger partial charge in [-0.3, -0.25) is 4.79 Å². The van der Waals surface area contributed by atoms with E-state index in [2.05, 4.69) is 5.32 Å². The third-order valence-electron chi connectivity index (χ3n) is 4.65. The number of benzene rings is 2. The molecule has 0 atom stereocenters. The number of nitrogens with zero attached hydrogens (tertiary/aromatic N) is 2. The van der Waals surface area contributed by atoms with Crippen molar-refractivity contribution in [1.82, 2.24) is 9.62 Å². The number of hydrogen-bond acceptors (Lipinski definition) is 4. The monoisotopic (exact) mass is 459 g/mol. The molecule has 3 rings (SSSR count). The fourth-order valence-electron chi connectivity index (χ4n) is 3.07. The predicted molar refractivity (Wildman–Crippen MR) is 113 cm³/mol. The molecule has 1 fully saturated rings. The summed E-state index contributed by atoms with van der Waals surface area (Å²) in [5.74, 6) is -0.972. The molecule has 29 heavy (non-hydrogen) atoms. The Morgan fingerprint density at radius 2 is 1.69 bits per heavy atom. The van der Waals surface area contributed by atoms with Crippen LogP contribution in [0.3, 0.4) is 0 Å². The Kier molecular flexibility index (Phi) is 7.00. The minimum absolute atomic E-state index is 0.0295. The fraction of sp³-hybridized carbons (Fsp3) is 0.316. The Morgan fingerprint density at radius 3 is 2.31 bits per heavy atom. The summed E-state index contributed by atoms with van der Waals surface area (Å²) in [6.45, 7) is 1.65. The number of anilines is 1. The summed E-state index contributed by atoms with van der Waals surface area (Å²) in [6.07, 6.45) is 0. The average molecular weight is 460 g/mol. The summed E-state index contributed by atoms with van der Waals surface area (Å²) in [7, 11) is -3.51. The van der Waals surface area contributed by atoms with E-state index in [0.29, 0.717) is 31.2 Å². The first kappa shape index (κ1) is 21.8. The summed E-state index contributed by atoms with van der Waals surface area (Å²) in [5.41, 5.74) is 1.09. The molecule has 0 radical (unpaired) electrons. The van der Waals surface area contributed by atoms with Gasteiger partial charge in [0.15, 0.2) is 0 Å². The largest absolute Gasteiger partial charge is 0.369 e. The second-order valence-electron chi connectivity index (χ2n) is 6.56. The van der Waals surface area contributed by atoms with Crippen molar-refractivity contribution in [3.05, 3.63) is 63.9 Å². The number of amides is 1. The van der Waals surface area contributed by atoms with Crippen molar-refractivity contribution in [2.45, 2.75) is 0 Å². The van der Waals surface area contributed by atoms with E-state index in [0.717, 1.165) is 5.69 Å². The molecule has 1 aliphatic heterocycles. The van der Waals surface area contributed by atoms with Crippen LogP contribution in [0.2, 0.25) is 10.0 Å². The van der Waals surface area contributed by atoms with Gasteiger partial charge in [-0.1, -0.05) is 23.2 Å². The quantitative estimate of drug-likeness (QED) is 0.720. The molecular formula is C19H20Cl2FN3O3S. The van der Waals surface area contributed by atoms with Gasteiger partial charge in [0.1, 0.15) is 5.82 Å². The molecule has 10 heteroatoms. The molecule has 1 heterocycles. The minimum Gasteiger partial charge on any atom is -0.369 e. The summed E-state index contributed by atoms with van der Waals surface area (Å²) in [6, 6.07) is 10.6. The van der Waals surface area contributed by atoms with Crippen LogP contribution >= 0.6 is 23.2 Å². The first-order valence-corrected chi connectivity index (χ1v) is 11.3. The molecule has 1 N–H and O–H groups in total. The maximum absolute atomic E-state index is 13.0. The van der Waals surface area contributed by atoms with Gasteiger partial charge in [0.2, 0.25) is 10.0 Å². The SMILES string of the molecule is O=C(NCCS(=O)(=O)N1CCN(c2ccc(F)cc2)CC1)c1ccc(Cl)cc1Cl. The second-order valence-corrected chi connectivity index (χ2v) is 9.49. The Balaban J connectivity index is 1.50. The van der Waals surface area contributed by atoms with E-state index < -0.39 is 15.9 Å². The van der Waals surface area contributed by atoms with E-state index in [1.807, 2.05) is 4.90 Å². The Morgan fingerprint density at radius 1 is 1.03 bits per heavy atom. The molecule has 6 nitrogen and oxygen atoms in total. The third-order valence-corrected chi connectivity index (χ3v) is 7.06. The van der Waals surface area contributed by atoms with E-state index in [1.54, 1.807) is 18.2 Å². The molecule has 2 aromatic carbocycles. The van der Waals surface area contributed by atoms with Crippen LogP contribution in [0.15, 0.2) is 42.5 Å². The van der Waals surface area contributed by atoms with Crippen LogP contribution in [0, 0.1) is 5.82 Å². The van der Waals surface area contributed by atoms with Gasteiger partial charge in [-0.25, -0.2) is 12.8 Å². The van der Waals surface area contributed by atoms with E-state index in [9.17, 15) is 17.6 Å². The minimum atomic E-state index is -3.51. The van der Waals surface area contributed by atoms with Crippen molar-refractivity contribution >= 4 is 44.8 Å². The standard InChI is InChI=1S/C19H20Cl2FN3O3S/c20-14-1-6-17(18(21)13-14)19(26)23-7-12-29(27,28)25-10-8-24(9-11-25)16-4-2-15(22)3-5-16/h1-6,13H,7-12H2,(H,23,26). The molecule has 0 unspecified atom stereocenters. The first-order valence-electron chi connectivity index (χ1n) is 8.98. The summed E-state index contributed by atoms with van der Waals surface area (Å²) >= 11 is 11.8. The van der Waals surface area contributed by atoms with Gasteiger partial charge in [-0.2, -0.15) is 4.31 Å². The summed E-state index contributed by atoms with van der Waals surface area (Å²) in [4.78, 5) is 14.2. The highest BCUT2D eigenvalue weighted by Crippen LogP contribution is 2.21. The Hall–Kier alpha value is -1.87. The molecule has 1 amide bonds. The van der Waals surface area contributed by atoms with E-state index in [4.69, 9.17) is 23.2 Å². The van der Waals surface area contributed by atoms with Crippen LogP contribution < -0.4 is 10.2 Å². The van der Waals surface area contributed by atoms with Crippen LogP contribution in [0.25, 0.3) is 0 Å². The molecule has 0 bridgehead atoms. The highest BCUT2D eigenvalue weighted by Gasteiger charge is 2.27. The first-order chi connectivity index (χ1) is 13.8. The molecule has 1 aliphatic rings. The van der Waals surface area contributed by atoms with Crippen LogP contribution in [0.5, 0.6) is 0 Å². The van der Waals surface area contributed by atoms with Gasteiger partial charge in [-0.15, -0.1) is 0 Å². The van der Waals surface area contributed by atoms with Crippen LogP contribution in [-0.2, 0) is 10.0 Å². The number of carbonyl (C=O) groups excluding carboxylic acids is 1. The van der Waals surface area contributed by atoms with Crippen molar-refractivity contribution in [3.8, 4) is 0 Å². The van der Waals surface area contributed by atoms with Crippen molar-refractivity contribution in [3.63, 3.8) is 0 Å². The lowest BCUT2D eigenvalue weighted by atomic mass is 10.2. The lowest BCUT2D eigenvalue weighted by Crippen LogP contribution is -2.50. The summed E-state index contributed by atoms with van der Waals surface area (Å²) < 4.78 is 39.6. The zero-order valence-corrected chi connectivity index (χ0v) is 17.8. The normalized spacial score (nSPS) is 15.3. The van der Waals surface area contributed by atoms with Gasteiger partial charge in [-0.05, 0) is 42.5 Å². The van der Waals surface area contributed by atoms with Crippen molar-refractivity contribution < 1.29 is 17.6 Å². The molecule has 156 valence electrons. The molecule has 0 aromatic heterocycles.